The third kappa shape index (κ3) is 3.55. The van der Waals surface area contributed by atoms with Gasteiger partial charge in [-0.2, -0.15) is 4.80 Å². The first kappa shape index (κ1) is 17.7. The molecule has 0 fully saturated rings. The third-order valence-electron chi connectivity index (χ3n) is 4.32. The molecule has 3 aromatic carbocycles. The molecule has 4 aromatic rings. The van der Waals surface area contributed by atoms with Crippen molar-refractivity contribution in [3.63, 3.8) is 0 Å². The second kappa shape index (κ2) is 7.11. The van der Waals surface area contributed by atoms with Gasteiger partial charge in [-0.1, -0.05) is 6.07 Å². The highest BCUT2D eigenvalue weighted by molar-refractivity contribution is 6.04. The first-order valence-corrected chi connectivity index (χ1v) is 8.71. The van der Waals surface area contributed by atoms with Gasteiger partial charge in [0.1, 0.15) is 16.9 Å². The molecule has 7 heteroatoms. The Labute approximate surface area is 161 Å². The molecule has 0 aliphatic carbocycles. The van der Waals surface area contributed by atoms with Gasteiger partial charge < -0.3 is 10.2 Å². The maximum atomic E-state index is 13.3. The van der Waals surface area contributed by atoms with E-state index in [9.17, 15) is 9.18 Å². The second-order valence-electron chi connectivity index (χ2n) is 6.57. The molecule has 0 atom stereocenters. The van der Waals surface area contributed by atoms with Gasteiger partial charge in [0.2, 0.25) is 0 Å². The Hall–Kier alpha value is -3.74. The Kier molecular flexibility index (Phi) is 4.49. The van der Waals surface area contributed by atoms with Gasteiger partial charge in [0.15, 0.2) is 0 Å². The van der Waals surface area contributed by atoms with Gasteiger partial charge in [-0.25, -0.2) is 4.39 Å². The number of aromatic nitrogens is 3. The number of hydrogen-bond acceptors (Lipinski definition) is 4. The van der Waals surface area contributed by atoms with Crippen LogP contribution in [0, 0.1) is 5.82 Å². The SMILES string of the molecule is CN(C)c1ccc(-n2nc3ccc(NC(=O)c4cccc(F)c4)cc3n2)cc1. The number of nitrogens with one attached hydrogen (secondary N) is 1. The molecule has 140 valence electrons. The van der Waals surface area contributed by atoms with Gasteiger partial charge in [-0.05, 0) is 60.7 Å². The molecule has 0 radical (unpaired) electrons. The maximum Gasteiger partial charge on any atom is 0.255 e. The summed E-state index contributed by atoms with van der Waals surface area (Å²) in [5.41, 5.74) is 4.10. The van der Waals surface area contributed by atoms with E-state index in [1.807, 2.05) is 43.3 Å². The minimum Gasteiger partial charge on any atom is -0.378 e. The van der Waals surface area contributed by atoms with Crippen LogP contribution in [0.3, 0.4) is 0 Å². The normalized spacial score (nSPS) is 10.8. The maximum absolute atomic E-state index is 13.3. The molecule has 1 aromatic heterocycles. The molecule has 0 bridgehead atoms. The topological polar surface area (TPSA) is 63.1 Å². The number of rotatable bonds is 4. The average molecular weight is 375 g/mol. The quantitative estimate of drug-likeness (QED) is 0.588. The Morgan fingerprint density at radius 1 is 0.964 bits per heavy atom. The number of fused-ring (bicyclic) bond motifs is 1. The Morgan fingerprint density at radius 3 is 2.43 bits per heavy atom. The first-order valence-electron chi connectivity index (χ1n) is 8.71. The predicted molar refractivity (Wildman–Crippen MR) is 108 cm³/mol. The molecule has 4 rings (SSSR count). The van der Waals surface area contributed by atoms with Gasteiger partial charge in [0.05, 0.1) is 5.69 Å². The van der Waals surface area contributed by atoms with Crippen molar-refractivity contribution in [1.29, 1.82) is 0 Å². The van der Waals surface area contributed by atoms with Crippen molar-refractivity contribution < 1.29 is 9.18 Å². The van der Waals surface area contributed by atoms with Crippen LogP contribution in [-0.4, -0.2) is 35.0 Å². The summed E-state index contributed by atoms with van der Waals surface area (Å²) >= 11 is 0. The molecule has 1 heterocycles. The molecular formula is C21H18FN5O. The lowest BCUT2D eigenvalue weighted by molar-refractivity contribution is 0.102. The summed E-state index contributed by atoms with van der Waals surface area (Å²) in [6.45, 7) is 0. The van der Waals surface area contributed by atoms with Crippen molar-refractivity contribution in [3.05, 3.63) is 78.1 Å². The lowest BCUT2D eigenvalue weighted by Crippen LogP contribution is -2.11. The lowest BCUT2D eigenvalue weighted by atomic mass is 10.2. The number of benzene rings is 3. The van der Waals surface area contributed by atoms with Crippen LogP contribution in [0.2, 0.25) is 0 Å². The number of halogens is 1. The smallest absolute Gasteiger partial charge is 0.255 e. The van der Waals surface area contributed by atoms with Gasteiger partial charge in [0.25, 0.3) is 5.91 Å². The largest absolute Gasteiger partial charge is 0.378 e. The highest BCUT2D eigenvalue weighted by atomic mass is 19.1. The van der Waals surface area contributed by atoms with Crippen molar-refractivity contribution in [2.45, 2.75) is 0 Å². The summed E-state index contributed by atoms with van der Waals surface area (Å²) in [5, 5.41) is 11.7. The molecule has 1 amide bonds. The highest BCUT2D eigenvalue weighted by Crippen LogP contribution is 2.20. The van der Waals surface area contributed by atoms with Crippen LogP contribution >= 0.6 is 0 Å². The molecular weight excluding hydrogens is 357 g/mol. The fourth-order valence-corrected chi connectivity index (χ4v) is 2.82. The van der Waals surface area contributed by atoms with Crippen molar-refractivity contribution in [2.75, 3.05) is 24.3 Å². The fraction of sp³-hybridized carbons (Fsp3) is 0.0952. The van der Waals surface area contributed by atoms with E-state index in [0.29, 0.717) is 16.7 Å². The predicted octanol–water partition coefficient (Wildman–Crippen LogP) is 3.88. The van der Waals surface area contributed by atoms with E-state index in [1.54, 1.807) is 29.1 Å². The summed E-state index contributed by atoms with van der Waals surface area (Å²) < 4.78 is 13.3. The van der Waals surface area contributed by atoms with Crippen molar-refractivity contribution in [3.8, 4) is 5.69 Å². The van der Waals surface area contributed by atoms with E-state index in [0.717, 1.165) is 11.4 Å². The molecule has 0 aliphatic rings. The van der Waals surface area contributed by atoms with E-state index >= 15 is 0 Å². The molecule has 1 N–H and O–H groups in total. The summed E-state index contributed by atoms with van der Waals surface area (Å²) in [6.07, 6.45) is 0. The summed E-state index contributed by atoms with van der Waals surface area (Å²) in [5.74, 6) is -0.836. The van der Waals surface area contributed by atoms with Crippen molar-refractivity contribution in [1.82, 2.24) is 15.0 Å². The second-order valence-corrected chi connectivity index (χ2v) is 6.57. The van der Waals surface area contributed by atoms with Gasteiger partial charge >= 0.3 is 0 Å². The third-order valence-corrected chi connectivity index (χ3v) is 4.32. The van der Waals surface area contributed by atoms with E-state index in [-0.39, 0.29) is 11.5 Å². The zero-order valence-electron chi connectivity index (χ0n) is 15.4. The number of nitrogens with zero attached hydrogens (tertiary/aromatic N) is 4. The van der Waals surface area contributed by atoms with Gasteiger partial charge in [0, 0.05) is 31.0 Å². The van der Waals surface area contributed by atoms with Crippen molar-refractivity contribution >= 4 is 28.3 Å². The fourth-order valence-electron chi connectivity index (χ4n) is 2.82. The number of hydrogen-bond donors (Lipinski definition) is 1. The van der Waals surface area contributed by atoms with Crippen molar-refractivity contribution in [2.24, 2.45) is 0 Å². The minimum absolute atomic E-state index is 0.254. The van der Waals surface area contributed by atoms with Gasteiger partial charge in [-0.15, -0.1) is 10.2 Å². The molecule has 0 saturated heterocycles. The van der Waals surface area contributed by atoms with E-state index in [4.69, 9.17) is 0 Å². The van der Waals surface area contributed by atoms with Crippen LogP contribution in [0.1, 0.15) is 10.4 Å². The van der Waals surface area contributed by atoms with Crippen LogP contribution in [0.25, 0.3) is 16.7 Å². The number of carbonyl (C=O) groups is 1. The monoisotopic (exact) mass is 375 g/mol. The first-order chi connectivity index (χ1) is 13.5. The molecule has 0 aliphatic heterocycles. The van der Waals surface area contributed by atoms with Crippen LogP contribution in [-0.2, 0) is 0 Å². The van der Waals surface area contributed by atoms with E-state index in [2.05, 4.69) is 15.5 Å². The number of carbonyl (C=O) groups excluding carboxylic acids is 1. The standard InChI is InChI=1S/C21H18FN5O/c1-26(2)17-7-9-18(10-8-17)27-24-19-11-6-16(13-20(19)25-27)23-21(28)14-4-3-5-15(22)12-14/h3-13H,1-2H3,(H,23,28). The number of amides is 1. The molecule has 0 unspecified atom stereocenters. The zero-order valence-corrected chi connectivity index (χ0v) is 15.4. The minimum atomic E-state index is -0.452. The highest BCUT2D eigenvalue weighted by Gasteiger charge is 2.10. The molecule has 0 saturated carbocycles. The average Bonchev–Trinajstić information content (AvgIpc) is 3.11. The number of anilines is 2. The van der Waals surface area contributed by atoms with Crippen LogP contribution in [0.5, 0.6) is 0 Å². The van der Waals surface area contributed by atoms with E-state index in [1.165, 1.54) is 18.2 Å². The Morgan fingerprint density at radius 2 is 1.71 bits per heavy atom. The summed E-state index contributed by atoms with van der Waals surface area (Å²) in [4.78, 5) is 15.9. The van der Waals surface area contributed by atoms with Gasteiger partial charge in [-0.3, -0.25) is 4.79 Å². The zero-order chi connectivity index (χ0) is 19.7. The molecule has 28 heavy (non-hydrogen) atoms. The van der Waals surface area contributed by atoms with Crippen LogP contribution in [0.15, 0.2) is 66.7 Å². The van der Waals surface area contributed by atoms with Crippen LogP contribution < -0.4 is 10.2 Å². The summed E-state index contributed by atoms with van der Waals surface area (Å²) in [7, 11) is 3.96. The lowest BCUT2D eigenvalue weighted by Gasteiger charge is -2.12. The summed E-state index contributed by atoms with van der Waals surface area (Å²) in [6, 6.07) is 18.7. The van der Waals surface area contributed by atoms with E-state index < -0.39 is 5.82 Å². The Balaban J connectivity index is 1.58. The molecule has 0 spiro atoms. The Bertz CT molecular complexity index is 1150. The van der Waals surface area contributed by atoms with Crippen LogP contribution in [0.4, 0.5) is 15.8 Å². The molecule has 6 nitrogen and oxygen atoms in total.